The Morgan fingerprint density at radius 1 is 1.10 bits per heavy atom. The van der Waals surface area contributed by atoms with Crippen molar-refractivity contribution in [1.29, 1.82) is 0 Å². The van der Waals surface area contributed by atoms with Crippen LogP contribution in [-0.4, -0.2) is 47.9 Å². The molecule has 0 radical (unpaired) electrons. The van der Waals surface area contributed by atoms with Crippen molar-refractivity contribution in [2.24, 2.45) is 11.8 Å². The largest absolute Gasteiger partial charge is 0.353 e. The summed E-state index contributed by atoms with van der Waals surface area (Å²) >= 11 is 0. The summed E-state index contributed by atoms with van der Waals surface area (Å²) in [5, 5.41) is 9.13. The molecule has 3 fully saturated rings. The highest BCUT2D eigenvalue weighted by Crippen LogP contribution is 2.34. The highest BCUT2D eigenvalue weighted by Gasteiger charge is 2.42. The molecule has 1 aromatic rings. The molecule has 0 aromatic heterocycles. The summed E-state index contributed by atoms with van der Waals surface area (Å²) in [4.78, 5) is 39.2. The molecule has 3 unspecified atom stereocenters. The molecule has 156 valence electrons. The van der Waals surface area contributed by atoms with Crippen LogP contribution in [-0.2, 0) is 16.1 Å². The number of rotatable bonds is 4. The summed E-state index contributed by atoms with van der Waals surface area (Å²) in [5.41, 5.74) is 1.02. The van der Waals surface area contributed by atoms with E-state index in [1.165, 1.54) is 12.8 Å². The molecule has 7 nitrogen and oxygen atoms in total. The van der Waals surface area contributed by atoms with Gasteiger partial charge in [-0.15, -0.1) is 0 Å². The van der Waals surface area contributed by atoms with Crippen molar-refractivity contribution < 1.29 is 14.4 Å². The summed E-state index contributed by atoms with van der Waals surface area (Å²) in [5.74, 6) is -0.00926. The second-order valence-corrected chi connectivity index (χ2v) is 8.62. The van der Waals surface area contributed by atoms with Gasteiger partial charge in [0.1, 0.15) is 6.54 Å². The highest BCUT2D eigenvalue weighted by atomic mass is 16.2. The van der Waals surface area contributed by atoms with Crippen molar-refractivity contribution in [3.8, 4) is 0 Å². The van der Waals surface area contributed by atoms with E-state index in [4.69, 9.17) is 0 Å². The van der Waals surface area contributed by atoms with Gasteiger partial charge in [-0.25, -0.2) is 4.79 Å². The lowest BCUT2D eigenvalue weighted by atomic mass is 10.0. The van der Waals surface area contributed by atoms with Gasteiger partial charge in [-0.1, -0.05) is 43.2 Å². The van der Waals surface area contributed by atoms with E-state index in [1.807, 2.05) is 30.3 Å². The molecular formula is C22H30N4O3. The van der Waals surface area contributed by atoms with Crippen molar-refractivity contribution in [2.45, 2.75) is 57.2 Å². The Morgan fingerprint density at radius 3 is 2.62 bits per heavy atom. The number of amides is 4. The third-order valence-corrected chi connectivity index (χ3v) is 6.48. The first-order valence-corrected chi connectivity index (χ1v) is 10.7. The van der Waals surface area contributed by atoms with Crippen molar-refractivity contribution >= 4 is 17.8 Å². The van der Waals surface area contributed by atoms with Gasteiger partial charge in [0.05, 0.1) is 0 Å². The van der Waals surface area contributed by atoms with Crippen LogP contribution in [0.4, 0.5) is 4.79 Å². The van der Waals surface area contributed by atoms with Crippen LogP contribution in [0.25, 0.3) is 0 Å². The molecule has 0 spiro atoms. The monoisotopic (exact) mass is 398 g/mol. The fraction of sp³-hybridized carbons (Fsp3) is 0.591. The Morgan fingerprint density at radius 2 is 1.86 bits per heavy atom. The molecule has 3 atom stereocenters. The first-order chi connectivity index (χ1) is 14.1. The first kappa shape index (κ1) is 19.7. The predicted molar refractivity (Wildman–Crippen MR) is 109 cm³/mol. The molecule has 2 aliphatic carbocycles. The number of nitrogens with one attached hydrogen (secondary N) is 3. The third kappa shape index (κ3) is 4.89. The van der Waals surface area contributed by atoms with Gasteiger partial charge in [0, 0.05) is 31.1 Å². The van der Waals surface area contributed by atoms with Gasteiger partial charge < -0.3 is 20.9 Å². The average Bonchev–Trinajstić information content (AvgIpc) is 3.33. The minimum absolute atomic E-state index is 0.0336. The topological polar surface area (TPSA) is 90.5 Å². The summed E-state index contributed by atoms with van der Waals surface area (Å²) in [7, 11) is 0. The van der Waals surface area contributed by atoms with Crippen LogP contribution in [0.2, 0.25) is 0 Å². The van der Waals surface area contributed by atoms with E-state index < -0.39 is 0 Å². The molecule has 29 heavy (non-hydrogen) atoms. The van der Waals surface area contributed by atoms with Gasteiger partial charge in [0.2, 0.25) is 11.8 Å². The van der Waals surface area contributed by atoms with Crippen molar-refractivity contribution in [2.75, 3.05) is 13.1 Å². The zero-order valence-electron chi connectivity index (χ0n) is 16.7. The number of carbonyl (C=O) groups is 3. The Hall–Kier alpha value is -2.57. The molecule has 2 saturated carbocycles. The van der Waals surface area contributed by atoms with Crippen molar-refractivity contribution in [3.63, 3.8) is 0 Å². The van der Waals surface area contributed by atoms with Crippen LogP contribution in [0.5, 0.6) is 0 Å². The molecule has 1 heterocycles. The third-order valence-electron chi connectivity index (χ3n) is 6.48. The maximum absolute atomic E-state index is 12.7. The zero-order valence-corrected chi connectivity index (χ0v) is 16.7. The number of benzene rings is 1. The minimum Gasteiger partial charge on any atom is -0.353 e. The number of nitrogens with zero attached hydrogens (tertiary/aromatic N) is 1. The molecule has 4 rings (SSSR count). The Balaban J connectivity index is 1.33. The molecule has 0 bridgehead atoms. The van der Waals surface area contributed by atoms with E-state index in [2.05, 4.69) is 16.0 Å². The van der Waals surface area contributed by atoms with E-state index in [-0.39, 0.29) is 42.3 Å². The molecule has 3 aliphatic rings. The van der Waals surface area contributed by atoms with Gasteiger partial charge in [-0.2, -0.15) is 0 Å². The number of hydrogen-bond donors (Lipinski definition) is 3. The quantitative estimate of drug-likeness (QED) is 0.722. The van der Waals surface area contributed by atoms with Crippen LogP contribution in [0.3, 0.4) is 0 Å². The van der Waals surface area contributed by atoms with Gasteiger partial charge >= 0.3 is 6.03 Å². The van der Waals surface area contributed by atoms with Crippen molar-refractivity contribution in [3.05, 3.63) is 35.9 Å². The minimum atomic E-state index is -0.233. The highest BCUT2D eigenvalue weighted by molar-refractivity contribution is 5.85. The molecule has 1 aromatic carbocycles. The fourth-order valence-corrected chi connectivity index (χ4v) is 4.92. The van der Waals surface area contributed by atoms with E-state index in [0.717, 1.165) is 18.4 Å². The van der Waals surface area contributed by atoms with E-state index in [1.54, 1.807) is 4.90 Å². The second-order valence-electron chi connectivity index (χ2n) is 8.62. The Bertz CT molecular complexity index is 748. The maximum Gasteiger partial charge on any atom is 0.318 e. The molecular weight excluding hydrogens is 368 g/mol. The number of hydrogen-bond acceptors (Lipinski definition) is 3. The normalized spacial score (nSPS) is 27.1. The predicted octanol–water partition coefficient (Wildman–Crippen LogP) is 1.78. The van der Waals surface area contributed by atoms with Crippen LogP contribution in [0.15, 0.2) is 30.3 Å². The number of carbonyl (C=O) groups excluding carboxylic acids is 3. The lowest BCUT2D eigenvalue weighted by molar-refractivity contribution is -0.126. The van der Waals surface area contributed by atoms with Crippen LogP contribution >= 0.6 is 0 Å². The molecule has 7 heteroatoms. The summed E-state index contributed by atoms with van der Waals surface area (Å²) in [6.07, 6.45) is 5.88. The lowest BCUT2D eigenvalue weighted by Gasteiger charge is -2.23. The molecule has 3 N–H and O–H groups in total. The molecule has 1 saturated heterocycles. The van der Waals surface area contributed by atoms with Crippen LogP contribution < -0.4 is 16.0 Å². The van der Waals surface area contributed by atoms with Crippen molar-refractivity contribution in [1.82, 2.24) is 20.9 Å². The van der Waals surface area contributed by atoms with E-state index in [9.17, 15) is 14.4 Å². The smallest absolute Gasteiger partial charge is 0.318 e. The van der Waals surface area contributed by atoms with Gasteiger partial charge in [0.25, 0.3) is 0 Å². The first-order valence-electron chi connectivity index (χ1n) is 10.7. The van der Waals surface area contributed by atoms with Crippen LogP contribution in [0, 0.1) is 11.8 Å². The van der Waals surface area contributed by atoms with Gasteiger partial charge in [-0.3, -0.25) is 9.59 Å². The van der Waals surface area contributed by atoms with Crippen LogP contribution in [0.1, 0.15) is 44.1 Å². The molecule has 4 amide bonds. The summed E-state index contributed by atoms with van der Waals surface area (Å²) in [6, 6.07) is 9.75. The SMILES string of the molecule is O=C1CN(C(=O)NCc2ccccc2)CC2CC(C(=O)NC3CCCC3)CC2N1. The average molecular weight is 399 g/mol. The number of fused-ring (bicyclic) bond motifs is 1. The van der Waals surface area contributed by atoms with Gasteiger partial charge in [-0.05, 0) is 37.2 Å². The Kier molecular flexibility index (Phi) is 6.02. The molecule has 1 aliphatic heterocycles. The van der Waals surface area contributed by atoms with Gasteiger partial charge in [0.15, 0.2) is 0 Å². The zero-order chi connectivity index (χ0) is 20.2. The van der Waals surface area contributed by atoms with E-state index in [0.29, 0.717) is 32.0 Å². The summed E-state index contributed by atoms with van der Waals surface area (Å²) in [6.45, 7) is 0.988. The summed E-state index contributed by atoms with van der Waals surface area (Å²) < 4.78 is 0. The standard InChI is InChI=1S/C22H30N4O3/c27-20-14-26(22(29)23-12-15-6-2-1-3-7-15)13-17-10-16(11-19(17)25-20)21(28)24-18-8-4-5-9-18/h1-3,6-7,16-19H,4-5,8-14H2,(H,23,29)(H,24,28)(H,25,27). The maximum atomic E-state index is 12.7. The van der Waals surface area contributed by atoms with E-state index >= 15 is 0 Å². The number of urea groups is 1. The lowest BCUT2D eigenvalue weighted by Crippen LogP contribution is -2.44. The Labute approximate surface area is 171 Å². The fourth-order valence-electron chi connectivity index (χ4n) is 4.92. The second kappa shape index (κ2) is 8.84.